The second kappa shape index (κ2) is 7.96. The number of aromatic amines is 1. The van der Waals surface area contributed by atoms with Crippen LogP contribution in [0.15, 0.2) is 72.8 Å². The van der Waals surface area contributed by atoms with E-state index in [1.165, 1.54) is 11.1 Å². The number of nitrogens with one attached hydrogen (secondary N) is 1. The van der Waals surface area contributed by atoms with E-state index in [2.05, 4.69) is 40.8 Å². The van der Waals surface area contributed by atoms with Gasteiger partial charge in [0.1, 0.15) is 6.10 Å². The Morgan fingerprint density at radius 1 is 0.900 bits per heavy atom. The van der Waals surface area contributed by atoms with Gasteiger partial charge < -0.3 is 9.72 Å². The average molecular weight is 416 g/mol. The standard InChI is InChI=1S/C25H22ClN3O/c1-16-7-13-20(14-8-16)30-25-27-22-15-21(26)23(28-24(22)29-25)19-11-9-18(10-12-19)17-5-3-2-4-6-17/h2-6,9-12,15,20H,1,7-8,13-14H2,(H,27,28,29). The summed E-state index contributed by atoms with van der Waals surface area (Å²) in [5.74, 6) is 0. The van der Waals surface area contributed by atoms with Crippen LogP contribution in [0.4, 0.5) is 0 Å². The lowest BCUT2D eigenvalue weighted by Crippen LogP contribution is -2.20. The van der Waals surface area contributed by atoms with Gasteiger partial charge in [-0.15, -0.1) is 0 Å². The number of benzene rings is 2. The maximum atomic E-state index is 6.55. The molecule has 5 rings (SSSR count). The van der Waals surface area contributed by atoms with Gasteiger partial charge in [-0.2, -0.15) is 4.98 Å². The van der Waals surface area contributed by atoms with Gasteiger partial charge in [0.15, 0.2) is 5.65 Å². The summed E-state index contributed by atoms with van der Waals surface area (Å²) in [6, 6.07) is 20.9. The second-order valence-corrected chi connectivity index (χ2v) is 8.15. The summed E-state index contributed by atoms with van der Waals surface area (Å²) >= 11 is 6.55. The number of aromatic nitrogens is 3. The van der Waals surface area contributed by atoms with E-state index >= 15 is 0 Å². The molecule has 4 aromatic rings. The van der Waals surface area contributed by atoms with E-state index in [1.807, 2.05) is 36.4 Å². The molecule has 0 amide bonds. The average Bonchev–Trinajstić information content (AvgIpc) is 3.16. The van der Waals surface area contributed by atoms with Crippen LogP contribution in [-0.4, -0.2) is 21.1 Å². The third-order valence-electron chi connectivity index (χ3n) is 5.59. The molecular formula is C25H22ClN3O. The number of imidazole rings is 1. The smallest absolute Gasteiger partial charge is 0.296 e. The second-order valence-electron chi connectivity index (χ2n) is 7.74. The van der Waals surface area contributed by atoms with Gasteiger partial charge in [0.05, 0.1) is 16.2 Å². The van der Waals surface area contributed by atoms with Gasteiger partial charge in [0.2, 0.25) is 0 Å². The molecule has 2 aromatic heterocycles. The minimum atomic E-state index is 0.163. The van der Waals surface area contributed by atoms with E-state index in [-0.39, 0.29) is 6.10 Å². The molecule has 0 bridgehead atoms. The van der Waals surface area contributed by atoms with Gasteiger partial charge in [-0.1, -0.05) is 78.4 Å². The fourth-order valence-electron chi connectivity index (χ4n) is 3.88. The van der Waals surface area contributed by atoms with E-state index in [9.17, 15) is 0 Å². The zero-order chi connectivity index (χ0) is 20.5. The molecule has 0 saturated heterocycles. The van der Waals surface area contributed by atoms with Crippen LogP contribution in [-0.2, 0) is 0 Å². The topological polar surface area (TPSA) is 50.8 Å². The van der Waals surface area contributed by atoms with Crippen molar-refractivity contribution in [2.45, 2.75) is 31.8 Å². The quantitative estimate of drug-likeness (QED) is 0.372. The van der Waals surface area contributed by atoms with Crippen LogP contribution in [0.25, 0.3) is 33.5 Å². The number of hydrogen-bond donors (Lipinski definition) is 1. The zero-order valence-corrected chi connectivity index (χ0v) is 17.3. The van der Waals surface area contributed by atoms with Crippen molar-refractivity contribution in [3.63, 3.8) is 0 Å². The third kappa shape index (κ3) is 3.83. The molecule has 2 aromatic carbocycles. The van der Waals surface area contributed by atoms with Crippen LogP contribution < -0.4 is 4.74 Å². The number of rotatable bonds is 4. The minimum absolute atomic E-state index is 0.163. The molecule has 1 N–H and O–H groups in total. The summed E-state index contributed by atoms with van der Waals surface area (Å²) in [7, 11) is 0. The highest BCUT2D eigenvalue weighted by Gasteiger charge is 2.19. The molecule has 1 fully saturated rings. The fraction of sp³-hybridized carbons (Fsp3) is 0.200. The summed E-state index contributed by atoms with van der Waals surface area (Å²) in [6.07, 6.45) is 4.14. The van der Waals surface area contributed by atoms with Gasteiger partial charge in [-0.25, -0.2) is 4.98 Å². The maximum absolute atomic E-state index is 6.55. The Balaban J connectivity index is 1.41. The number of nitrogens with zero attached hydrogens (tertiary/aromatic N) is 2. The summed E-state index contributed by atoms with van der Waals surface area (Å²) in [5.41, 5.74) is 6.70. The van der Waals surface area contributed by atoms with Crippen LogP contribution in [0.1, 0.15) is 25.7 Å². The number of allylic oxidation sites excluding steroid dienone is 1. The molecule has 5 heteroatoms. The van der Waals surface area contributed by atoms with Crippen molar-refractivity contribution >= 4 is 22.8 Å². The lowest BCUT2D eigenvalue weighted by molar-refractivity contribution is 0.157. The van der Waals surface area contributed by atoms with Gasteiger partial charge in [0, 0.05) is 5.56 Å². The van der Waals surface area contributed by atoms with Crippen molar-refractivity contribution < 1.29 is 4.74 Å². The van der Waals surface area contributed by atoms with Crippen molar-refractivity contribution in [1.82, 2.24) is 15.0 Å². The molecule has 30 heavy (non-hydrogen) atoms. The zero-order valence-electron chi connectivity index (χ0n) is 16.6. The largest absolute Gasteiger partial charge is 0.461 e. The molecule has 1 aliphatic carbocycles. The Hall–Kier alpha value is -3.11. The fourth-order valence-corrected chi connectivity index (χ4v) is 4.14. The van der Waals surface area contributed by atoms with Crippen molar-refractivity contribution in [1.29, 1.82) is 0 Å². The molecule has 0 unspecified atom stereocenters. The molecule has 4 nitrogen and oxygen atoms in total. The Kier molecular flexibility index (Phi) is 5.01. The molecule has 0 spiro atoms. The molecule has 2 heterocycles. The first-order chi connectivity index (χ1) is 14.7. The molecule has 1 saturated carbocycles. The van der Waals surface area contributed by atoms with E-state index in [4.69, 9.17) is 21.3 Å². The predicted octanol–water partition coefficient (Wildman–Crippen LogP) is 6.82. The first-order valence-corrected chi connectivity index (χ1v) is 10.6. The van der Waals surface area contributed by atoms with Crippen LogP contribution in [0, 0.1) is 0 Å². The Morgan fingerprint density at radius 3 is 2.30 bits per heavy atom. The normalized spacial score (nSPS) is 14.9. The van der Waals surface area contributed by atoms with Crippen molar-refractivity contribution in [3.8, 4) is 28.4 Å². The first kappa shape index (κ1) is 18.9. The SMILES string of the molecule is C=C1CCC(Oc2nc3nc(-c4ccc(-c5ccccc5)cc4)c(Cl)cc3[nH]2)CC1. The van der Waals surface area contributed by atoms with Gasteiger partial charge >= 0.3 is 0 Å². The Labute approximate surface area is 180 Å². The summed E-state index contributed by atoms with van der Waals surface area (Å²) in [4.78, 5) is 12.5. The van der Waals surface area contributed by atoms with Gasteiger partial charge in [-0.3, -0.25) is 0 Å². The number of pyridine rings is 1. The highest BCUT2D eigenvalue weighted by Crippen LogP contribution is 2.32. The number of hydrogen-bond acceptors (Lipinski definition) is 3. The molecule has 150 valence electrons. The van der Waals surface area contributed by atoms with Gasteiger partial charge in [0.25, 0.3) is 6.01 Å². The maximum Gasteiger partial charge on any atom is 0.296 e. The molecular weight excluding hydrogens is 394 g/mol. The number of fused-ring (bicyclic) bond motifs is 1. The molecule has 0 atom stereocenters. The summed E-state index contributed by atoms with van der Waals surface area (Å²) < 4.78 is 6.05. The monoisotopic (exact) mass is 415 g/mol. The Bertz CT molecular complexity index is 1190. The highest BCUT2D eigenvalue weighted by molar-refractivity contribution is 6.33. The summed E-state index contributed by atoms with van der Waals surface area (Å²) in [6.45, 7) is 4.06. The first-order valence-electron chi connectivity index (χ1n) is 10.2. The lowest BCUT2D eigenvalue weighted by atomic mass is 9.94. The summed E-state index contributed by atoms with van der Waals surface area (Å²) in [5, 5.41) is 0.583. The van der Waals surface area contributed by atoms with Gasteiger partial charge in [-0.05, 0) is 42.9 Å². The molecule has 0 aliphatic heterocycles. The van der Waals surface area contributed by atoms with Crippen molar-refractivity contribution in [3.05, 3.63) is 77.8 Å². The van der Waals surface area contributed by atoms with E-state index in [0.29, 0.717) is 16.7 Å². The van der Waals surface area contributed by atoms with Crippen LogP contribution in [0.5, 0.6) is 6.01 Å². The highest BCUT2D eigenvalue weighted by atomic mass is 35.5. The predicted molar refractivity (Wildman–Crippen MR) is 122 cm³/mol. The number of ether oxygens (including phenoxy) is 1. The number of H-pyrrole nitrogens is 1. The van der Waals surface area contributed by atoms with Crippen molar-refractivity contribution in [2.24, 2.45) is 0 Å². The molecule has 1 aliphatic rings. The van der Waals surface area contributed by atoms with E-state index in [1.54, 1.807) is 0 Å². The van der Waals surface area contributed by atoms with Crippen LogP contribution in [0.3, 0.4) is 0 Å². The van der Waals surface area contributed by atoms with Crippen LogP contribution in [0.2, 0.25) is 5.02 Å². The third-order valence-corrected chi connectivity index (χ3v) is 5.88. The van der Waals surface area contributed by atoms with E-state index in [0.717, 1.165) is 48.0 Å². The minimum Gasteiger partial charge on any atom is -0.461 e. The lowest BCUT2D eigenvalue weighted by Gasteiger charge is -2.22. The van der Waals surface area contributed by atoms with Crippen LogP contribution >= 0.6 is 11.6 Å². The van der Waals surface area contributed by atoms with E-state index < -0.39 is 0 Å². The number of halogens is 1. The Morgan fingerprint density at radius 2 is 1.57 bits per heavy atom. The molecule has 0 radical (unpaired) electrons. The van der Waals surface area contributed by atoms with Crippen molar-refractivity contribution in [2.75, 3.05) is 0 Å².